The van der Waals surface area contributed by atoms with Crippen LogP contribution in [0.3, 0.4) is 0 Å². The van der Waals surface area contributed by atoms with Crippen molar-refractivity contribution >= 4 is 6.09 Å². The van der Waals surface area contributed by atoms with Crippen molar-refractivity contribution in [2.24, 2.45) is 11.8 Å². The first kappa shape index (κ1) is 14.5. The largest absolute Gasteiger partial charge is 0.443 e. The van der Waals surface area contributed by atoms with Gasteiger partial charge in [0.05, 0.1) is 5.69 Å². The van der Waals surface area contributed by atoms with Gasteiger partial charge in [0.25, 0.3) is 0 Å². The Morgan fingerprint density at radius 2 is 2.00 bits per heavy atom. The first-order valence-corrected chi connectivity index (χ1v) is 8.56. The number of fused-ring (bicyclic) bond motifs is 1. The van der Waals surface area contributed by atoms with Crippen molar-refractivity contribution in [3.8, 4) is 0 Å². The van der Waals surface area contributed by atoms with E-state index in [0.717, 1.165) is 35.9 Å². The number of carbonyl (C=O) groups is 1. The molecule has 120 valence electrons. The molecule has 2 aliphatic carbocycles. The van der Waals surface area contributed by atoms with E-state index in [-0.39, 0.29) is 12.7 Å². The summed E-state index contributed by atoms with van der Waals surface area (Å²) < 4.78 is 6.74. The summed E-state index contributed by atoms with van der Waals surface area (Å²) in [7, 11) is 0. The molecule has 4 nitrogen and oxygen atoms in total. The summed E-state index contributed by atoms with van der Waals surface area (Å²) >= 11 is 0. The molecule has 1 fully saturated rings. The summed E-state index contributed by atoms with van der Waals surface area (Å²) in [5.74, 6) is 1.74. The minimum absolute atomic E-state index is 0.286. The van der Waals surface area contributed by atoms with Gasteiger partial charge in [0, 0.05) is 6.20 Å². The maximum atomic E-state index is 12.2. The molecule has 1 heterocycles. The van der Waals surface area contributed by atoms with Crippen molar-refractivity contribution in [2.75, 3.05) is 0 Å². The molecule has 0 N–H and O–H groups in total. The van der Waals surface area contributed by atoms with E-state index >= 15 is 0 Å². The Morgan fingerprint density at radius 3 is 2.78 bits per heavy atom. The topological polar surface area (TPSA) is 44.1 Å². The Balaban J connectivity index is 1.38. The fourth-order valence-electron chi connectivity index (χ4n) is 3.49. The molecule has 1 atom stereocenters. The van der Waals surface area contributed by atoms with Gasteiger partial charge in [-0.15, -0.1) is 0 Å². The Labute approximate surface area is 136 Å². The molecule has 0 radical (unpaired) electrons. The zero-order valence-electron chi connectivity index (χ0n) is 13.3. The Hall–Kier alpha value is -2.10. The number of aromatic nitrogens is 2. The van der Waals surface area contributed by atoms with E-state index < -0.39 is 0 Å². The predicted octanol–water partition coefficient (Wildman–Crippen LogP) is 3.97. The van der Waals surface area contributed by atoms with Crippen molar-refractivity contribution in [3.63, 3.8) is 0 Å². The number of ether oxygens (including phenoxy) is 1. The van der Waals surface area contributed by atoms with Crippen LogP contribution in [0, 0.1) is 11.8 Å². The average Bonchev–Trinajstić information content (AvgIpc) is 3.29. The third-order valence-corrected chi connectivity index (χ3v) is 4.93. The smallest absolute Gasteiger partial charge is 0.435 e. The minimum Gasteiger partial charge on any atom is -0.443 e. The molecule has 1 aromatic carbocycles. The van der Waals surface area contributed by atoms with E-state index in [1.807, 2.05) is 36.5 Å². The van der Waals surface area contributed by atoms with Gasteiger partial charge in [-0.2, -0.15) is 9.78 Å². The molecule has 1 aromatic heterocycles. The minimum atomic E-state index is -0.387. The lowest BCUT2D eigenvalue weighted by Crippen LogP contribution is -2.15. The van der Waals surface area contributed by atoms with Crippen LogP contribution in [0.15, 0.2) is 36.5 Å². The van der Waals surface area contributed by atoms with Crippen LogP contribution < -0.4 is 0 Å². The number of hydrogen-bond donors (Lipinski definition) is 0. The highest BCUT2D eigenvalue weighted by atomic mass is 16.6. The quantitative estimate of drug-likeness (QED) is 0.858. The van der Waals surface area contributed by atoms with Gasteiger partial charge in [-0.3, -0.25) is 0 Å². The van der Waals surface area contributed by atoms with Crippen LogP contribution in [0.4, 0.5) is 4.79 Å². The SMILES string of the molecule is O=C(OCc1ccccc1)n1cc2c(n1)CCC(CC1CC1)C2. The van der Waals surface area contributed by atoms with Crippen LogP contribution >= 0.6 is 0 Å². The molecule has 0 spiro atoms. The second-order valence-electron chi connectivity index (χ2n) is 6.87. The lowest BCUT2D eigenvalue weighted by atomic mass is 9.84. The number of benzene rings is 1. The average molecular weight is 310 g/mol. The van der Waals surface area contributed by atoms with E-state index in [4.69, 9.17) is 4.74 Å². The molecular formula is C19H22N2O2. The first-order valence-electron chi connectivity index (χ1n) is 8.56. The highest BCUT2D eigenvalue weighted by molar-refractivity contribution is 5.69. The second-order valence-corrected chi connectivity index (χ2v) is 6.87. The summed E-state index contributed by atoms with van der Waals surface area (Å²) in [5, 5.41) is 4.43. The molecular weight excluding hydrogens is 288 g/mol. The van der Waals surface area contributed by atoms with Gasteiger partial charge in [0.15, 0.2) is 0 Å². The third kappa shape index (κ3) is 3.46. The fourth-order valence-corrected chi connectivity index (χ4v) is 3.49. The molecule has 0 aliphatic heterocycles. The standard InChI is InChI=1S/C19H22N2O2/c22-19(23-13-15-4-2-1-3-5-15)21-12-17-11-16(10-14-6-7-14)8-9-18(17)20-21/h1-5,12,14,16H,6-11,13H2. The van der Waals surface area contributed by atoms with Gasteiger partial charge in [0.2, 0.25) is 0 Å². The number of nitrogens with zero attached hydrogens (tertiary/aromatic N) is 2. The van der Waals surface area contributed by atoms with Crippen molar-refractivity contribution in [3.05, 3.63) is 53.3 Å². The molecule has 2 aliphatic rings. The number of aryl methyl sites for hydroxylation is 1. The molecule has 1 saturated carbocycles. The molecule has 0 bridgehead atoms. The maximum Gasteiger partial charge on any atom is 0.435 e. The Morgan fingerprint density at radius 1 is 1.17 bits per heavy atom. The van der Waals surface area contributed by atoms with Gasteiger partial charge in [0.1, 0.15) is 6.61 Å². The number of hydrogen-bond acceptors (Lipinski definition) is 3. The van der Waals surface area contributed by atoms with Crippen LogP contribution in [-0.4, -0.2) is 15.9 Å². The zero-order chi connectivity index (χ0) is 15.6. The summed E-state index contributed by atoms with van der Waals surface area (Å²) in [5.41, 5.74) is 3.30. The maximum absolute atomic E-state index is 12.2. The van der Waals surface area contributed by atoms with Crippen LogP contribution in [0.2, 0.25) is 0 Å². The highest BCUT2D eigenvalue weighted by Gasteiger charge is 2.29. The monoisotopic (exact) mass is 310 g/mol. The predicted molar refractivity (Wildman–Crippen MR) is 87.1 cm³/mol. The van der Waals surface area contributed by atoms with Crippen molar-refractivity contribution in [2.45, 2.75) is 45.1 Å². The van der Waals surface area contributed by atoms with E-state index in [2.05, 4.69) is 5.10 Å². The molecule has 0 amide bonds. The number of carbonyl (C=O) groups excluding carboxylic acids is 1. The van der Waals surface area contributed by atoms with Gasteiger partial charge >= 0.3 is 6.09 Å². The fraction of sp³-hybridized carbons (Fsp3) is 0.474. The van der Waals surface area contributed by atoms with Crippen LogP contribution in [-0.2, 0) is 24.2 Å². The van der Waals surface area contributed by atoms with Gasteiger partial charge in [-0.1, -0.05) is 43.2 Å². The van der Waals surface area contributed by atoms with Crippen molar-refractivity contribution < 1.29 is 9.53 Å². The highest BCUT2D eigenvalue weighted by Crippen LogP contribution is 2.39. The lowest BCUT2D eigenvalue weighted by molar-refractivity contribution is 0.137. The Bertz CT molecular complexity index is 689. The van der Waals surface area contributed by atoms with Gasteiger partial charge in [-0.25, -0.2) is 4.79 Å². The van der Waals surface area contributed by atoms with Crippen LogP contribution in [0.25, 0.3) is 0 Å². The summed E-state index contributed by atoms with van der Waals surface area (Å²) in [6.45, 7) is 0.286. The van der Waals surface area contributed by atoms with Crippen molar-refractivity contribution in [1.29, 1.82) is 0 Å². The summed E-state index contributed by atoms with van der Waals surface area (Å²) in [4.78, 5) is 12.2. The Kier molecular flexibility index (Phi) is 3.90. The number of rotatable bonds is 4. The molecule has 0 saturated heterocycles. The van der Waals surface area contributed by atoms with Crippen LogP contribution in [0.1, 0.15) is 42.5 Å². The molecule has 23 heavy (non-hydrogen) atoms. The van der Waals surface area contributed by atoms with E-state index in [1.165, 1.54) is 35.9 Å². The van der Waals surface area contributed by atoms with Gasteiger partial charge in [-0.05, 0) is 48.6 Å². The molecule has 1 unspecified atom stereocenters. The third-order valence-electron chi connectivity index (χ3n) is 4.93. The first-order chi connectivity index (χ1) is 11.3. The second kappa shape index (κ2) is 6.19. The van der Waals surface area contributed by atoms with Gasteiger partial charge < -0.3 is 4.74 Å². The van der Waals surface area contributed by atoms with E-state index in [1.54, 1.807) is 0 Å². The normalized spacial score (nSPS) is 20.1. The van der Waals surface area contributed by atoms with E-state index in [9.17, 15) is 4.79 Å². The lowest BCUT2D eigenvalue weighted by Gasteiger charge is -2.20. The van der Waals surface area contributed by atoms with E-state index in [0.29, 0.717) is 0 Å². The zero-order valence-corrected chi connectivity index (χ0v) is 13.3. The van der Waals surface area contributed by atoms with Crippen molar-refractivity contribution in [1.82, 2.24) is 9.78 Å². The summed E-state index contributed by atoms with van der Waals surface area (Å²) in [6, 6.07) is 9.73. The molecule has 2 aromatic rings. The molecule has 4 heteroatoms. The molecule has 4 rings (SSSR count). The summed E-state index contributed by atoms with van der Waals surface area (Å²) in [6.07, 6.45) is 8.93. The van der Waals surface area contributed by atoms with Crippen LogP contribution in [0.5, 0.6) is 0 Å².